The van der Waals surface area contributed by atoms with Crippen LogP contribution in [-0.4, -0.2) is 18.5 Å². The summed E-state index contributed by atoms with van der Waals surface area (Å²) >= 11 is 0. The van der Waals surface area contributed by atoms with E-state index in [1.807, 2.05) is 0 Å². The van der Waals surface area contributed by atoms with Gasteiger partial charge in [-0.05, 0) is 75.5 Å². The fourth-order valence-electron chi connectivity index (χ4n) is 5.88. The Labute approximate surface area is 116 Å². The fraction of sp³-hybridized carbons (Fsp3) is 0.941. The van der Waals surface area contributed by atoms with Crippen LogP contribution in [0, 0.1) is 23.2 Å². The van der Waals surface area contributed by atoms with Gasteiger partial charge in [0.15, 0.2) is 0 Å². The third-order valence-electron chi connectivity index (χ3n) is 6.35. The van der Waals surface area contributed by atoms with E-state index < -0.39 is 0 Å². The van der Waals surface area contributed by atoms with E-state index >= 15 is 0 Å². The molecule has 1 atom stereocenters. The molecule has 4 saturated carbocycles. The summed E-state index contributed by atoms with van der Waals surface area (Å²) in [4.78, 5) is 12.8. The Hall–Kier alpha value is -0.370. The minimum absolute atomic E-state index is 0.118. The number of carbonyl (C=O) groups excluding carboxylic acids is 1. The number of hydrogen-bond acceptors (Lipinski definition) is 2. The molecule has 1 saturated heterocycles. The largest absolute Gasteiger partial charge is 0.378 e. The zero-order valence-electron chi connectivity index (χ0n) is 11.9. The number of ketones is 1. The highest BCUT2D eigenvalue weighted by Gasteiger charge is 2.53. The van der Waals surface area contributed by atoms with Gasteiger partial charge in [0.2, 0.25) is 0 Å². The molecule has 5 fully saturated rings. The topological polar surface area (TPSA) is 26.3 Å². The first-order valence-electron chi connectivity index (χ1n) is 8.38. The molecule has 2 heteroatoms. The van der Waals surface area contributed by atoms with Crippen LogP contribution in [0.3, 0.4) is 0 Å². The smallest absolute Gasteiger partial charge is 0.139 e. The quantitative estimate of drug-likeness (QED) is 0.771. The van der Waals surface area contributed by atoms with Gasteiger partial charge in [-0.15, -0.1) is 0 Å². The maximum atomic E-state index is 12.8. The van der Waals surface area contributed by atoms with Gasteiger partial charge in [0.25, 0.3) is 0 Å². The molecular formula is C17H26O2. The van der Waals surface area contributed by atoms with Gasteiger partial charge in [-0.2, -0.15) is 0 Å². The van der Waals surface area contributed by atoms with Crippen molar-refractivity contribution in [1.29, 1.82) is 0 Å². The molecule has 5 rings (SSSR count). The van der Waals surface area contributed by atoms with Crippen LogP contribution >= 0.6 is 0 Å². The van der Waals surface area contributed by atoms with Gasteiger partial charge in [0.05, 0.1) is 6.10 Å². The zero-order chi connectivity index (χ0) is 12.9. The Balaban J connectivity index is 1.41. The van der Waals surface area contributed by atoms with Gasteiger partial charge in [-0.25, -0.2) is 0 Å². The molecule has 1 aliphatic heterocycles. The van der Waals surface area contributed by atoms with Crippen molar-refractivity contribution in [1.82, 2.24) is 0 Å². The second kappa shape index (κ2) is 4.58. The second-order valence-electron chi connectivity index (χ2n) is 7.79. The monoisotopic (exact) mass is 262 g/mol. The molecule has 4 aliphatic carbocycles. The van der Waals surface area contributed by atoms with Crippen LogP contribution < -0.4 is 0 Å². The summed E-state index contributed by atoms with van der Waals surface area (Å²) in [5, 5.41) is 0. The molecule has 0 aromatic carbocycles. The van der Waals surface area contributed by atoms with Crippen molar-refractivity contribution in [2.24, 2.45) is 23.2 Å². The summed E-state index contributed by atoms with van der Waals surface area (Å²) in [6.07, 6.45) is 12.5. The van der Waals surface area contributed by atoms with Crippen molar-refractivity contribution in [2.75, 3.05) is 6.61 Å². The van der Waals surface area contributed by atoms with Gasteiger partial charge in [0.1, 0.15) is 5.78 Å². The van der Waals surface area contributed by atoms with Crippen LogP contribution in [0.4, 0.5) is 0 Å². The normalized spacial score (nSPS) is 47.8. The van der Waals surface area contributed by atoms with Gasteiger partial charge >= 0.3 is 0 Å². The van der Waals surface area contributed by atoms with E-state index in [9.17, 15) is 4.79 Å². The summed E-state index contributed by atoms with van der Waals surface area (Å²) in [5.74, 6) is 3.26. The average molecular weight is 262 g/mol. The number of carbonyl (C=O) groups is 1. The molecule has 0 aromatic heterocycles. The Morgan fingerprint density at radius 3 is 2.21 bits per heavy atom. The number of Topliss-reactive ketones (excluding diaryl/α,β-unsaturated/α-hetero) is 1. The minimum atomic E-state index is 0.118. The van der Waals surface area contributed by atoms with E-state index in [0.29, 0.717) is 11.9 Å². The predicted molar refractivity (Wildman–Crippen MR) is 73.8 cm³/mol. The Kier molecular flexibility index (Phi) is 2.98. The van der Waals surface area contributed by atoms with Crippen molar-refractivity contribution in [3.05, 3.63) is 0 Å². The van der Waals surface area contributed by atoms with E-state index in [-0.39, 0.29) is 5.41 Å². The van der Waals surface area contributed by atoms with Crippen LogP contribution in [0.15, 0.2) is 0 Å². The molecule has 1 heterocycles. The highest BCUT2D eigenvalue weighted by Crippen LogP contribution is 2.60. The molecule has 5 aliphatic rings. The molecule has 106 valence electrons. The van der Waals surface area contributed by atoms with Gasteiger partial charge < -0.3 is 4.74 Å². The molecule has 1 unspecified atom stereocenters. The lowest BCUT2D eigenvalue weighted by atomic mass is 9.48. The van der Waals surface area contributed by atoms with Crippen molar-refractivity contribution in [3.63, 3.8) is 0 Å². The van der Waals surface area contributed by atoms with Gasteiger partial charge in [-0.1, -0.05) is 0 Å². The molecule has 0 amide bonds. The lowest BCUT2D eigenvalue weighted by Gasteiger charge is -2.56. The molecule has 2 nitrogen and oxygen atoms in total. The van der Waals surface area contributed by atoms with Crippen LogP contribution in [-0.2, 0) is 9.53 Å². The summed E-state index contributed by atoms with van der Waals surface area (Å²) in [6.45, 7) is 0.913. The third-order valence-corrected chi connectivity index (χ3v) is 6.35. The highest BCUT2D eigenvalue weighted by atomic mass is 16.5. The zero-order valence-corrected chi connectivity index (χ0v) is 11.9. The van der Waals surface area contributed by atoms with Crippen molar-refractivity contribution < 1.29 is 9.53 Å². The SMILES string of the molecule is O=C(CCC1CCCO1)C12CC3CC(CC(C3)C1)C2. The fourth-order valence-corrected chi connectivity index (χ4v) is 5.88. The summed E-state index contributed by atoms with van der Waals surface area (Å²) in [6, 6.07) is 0. The second-order valence-corrected chi connectivity index (χ2v) is 7.79. The van der Waals surface area contributed by atoms with Crippen LogP contribution in [0.1, 0.15) is 64.2 Å². The number of hydrogen-bond donors (Lipinski definition) is 0. The standard InChI is InChI=1S/C17H26O2/c18-16(4-3-15-2-1-5-19-15)17-9-12-6-13(10-17)8-14(7-12)11-17/h12-15H,1-11H2. The van der Waals surface area contributed by atoms with E-state index in [0.717, 1.165) is 37.2 Å². The van der Waals surface area contributed by atoms with E-state index in [1.165, 1.54) is 51.4 Å². The Bertz CT molecular complexity index is 332. The van der Waals surface area contributed by atoms with Crippen molar-refractivity contribution >= 4 is 5.78 Å². The lowest BCUT2D eigenvalue weighted by Crippen LogP contribution is -2.50. The predicted octanol–water partition coefficient (Wildman–Crippen LogP) is 3.73. The van der Waals surface area contributed by atoms with Crippen LogP contribution in [0.5, 0.6) is 0 Å². The Morgan fingerprint density at radius 1 is 1.05 bits per heavy atom. The van der Waals surface area contributed by atoms with E-state index in [1.54, 1.807) is 0 Å². The third kappa shape index (κ3) is 2.16. The molecule has 0 aromatic rings. The average Bonchev–Trinajstić information content (AvgIpc) is 2.87. The molecule has 0 radical (unpaired) electrons. The van der Waals surface area contributed by atoms with Crippen LogP contribution in [0.2, 0.25) is 0 Å². The van der Waals surface area contributed by atoms with Gasteiger partial charge in [-0.3, -0.25) is 4.79 Å². The van der Waals surface area contributed by atoms with Crippen molar-refractivity contribution in [2.45, 2.75) is 70.3 Å². The molecular weight excluding hydrogens is 236 g/mol. The number of ether oxygens (including phenoxy) is 1. The maximum absolute atomic E-state index is 12.8. The highest BCUT2D eigenvalue weighted by molar-refractivity contribution is 5.85. The van der Waals surface area contributed by atoms with E-state index in [2.05, 4.69) is 0 Å². The summed E-state index contributed by atoms with van der Waals surface area (Å²) in [5.41, 5.74) is 0.118. The molecule has 4 bridgehead atoms. The first-order chi connectivity index (χ1) is 9.23. The minimum Gasteiger partial charge on any atom is -0.378 e. The first kappa shape index (κ1) is 12.4. The number of rotatable bonds is 4. The lowest BCUT2D eigenvalue weighted by molar-refractivity contribution is -0.144. The first-order valence-corrected chi connectivity index (χ1v) is 8.38. The maximum Gasteiger partial charge on any atom is 0.139 e. The van der Waals surface area contributed by atoms with Gasteiger partial charge in [0, 0.05) is 18.4 Å². The summed E-state index contributed by atoms with van der Waals surface area (Å²) in [7, 11) is 0. The van der Waals surface area contributed by atoms with Crippen LogP contribution in [0.25, 0.3) is 0 Å². The molecule has 0 N–H and O–H groups in total. The molecule has 19 heavy (non-hydrogen) atoms. The summed E-state index contributed by atoms with van der Waals surface area (Å²) < 4.78 is 5.67. The van der Waals surface area contributed by atoms with E-state index in [4.69, 9.17) is 4.74 Å². The van der Waals surface area contributed by atoms with Crippen molar-refractivity contribution in [3.8, 4) is 0 Å². The molecule has 0 spiro atoms. The Morgan fingerprint density at radius 2 is 1.68 bits per heavy atom.